The van der Waals surface area contributed by atoms with Crippen molar-refractivity contribution in [1.29, 1.82) is 0 Å². The van der Waals surface area contributed by atoms with Crippen molar-refractivity contribution in [2.24, 2.45) is 0 Å². The van der Waals surface area contributed by atoms with Gasteiger partial charge in [-0.15, -0.1) is 0 Å². The molecule has 24 heavy (non-hydrogen) atoms. The predicted octanol–water partition coefficient (Wildman–Crippen LogP) is 4.96. The van der Waals surface area contributed by atoms with Crippen molar-refractivity contribution in [3.05, 3.63) is 77.9 Å². The number of hydrogen-bond donors (Lipinski definition) is 1. The zero-order valence-corrected chi connectivity index (χ0v) is 14.3. The summed E-state index contributed by atoms with van der Waals surface area (Å²) in [6.07, 6.45) is 2.06. The van der Waals surface area contributed by atoms with Gasteiger partial charge in [0.1, 0.15) is 5.75 Å². The van der Waals surface area contributed by atoms with E-state index in [2.05, 4.69) is 79.0 Å². The molecule has 3 rings (SSSR count). The smallest absolute Gasteiger partial charge is 0.124 e. The third-order valence-corrected chi connectivity index (χ3v) is 4.19. The molecule has 0 atom stereocenters. The van der Waals surface area contributed by atoms with Gasteiger partial charge in [0.15, 0.2) is 0 Å². The van der Waals surface area contributed by atoms with E-state index in [1.165, 1.54) is 21.9 Å². The molecule has 1 N–H and O–H groups in total. The average Bonchev–Trinajstić information content (AvgIpc) is 2.65. The summed E-state index contributed by atoms with van der Waals surface area (Å²) in [4.78, 5) is 0. The molecule has 0 spiro atoms. The first kappa shape index (κ1) is 16.5. The summed E-state index contributed by atoms with van der Waals surface area (Å²) in [7, 11) is 0. The number of rotatable bonds is 8. The Kier molecular flexibility index (Phi) is 5.86. The molecule has 0 saturated heterocycles. The molecule has 0 radical (unpaired) electrons. The van der Waals surface area contributed by atoms with Crippen LogP contribution in [0.5, 0.6) is 5.75 Å². The van der Waals surface area contributed by atoms with Crippen molar-refractivity contribution >= 4 is 10.8 Å². The highest BCUT2D eigenvalue weighted by atomic mass is 16.5. The Hall–Kier alpha value is -2.32. The summed E-state index contributed by atoms with van der Waals surface area (Å²) in [5, 5.41) is 6.12. The van der Waals surface area contributed by atoms with Crippen molar-refractivity contribution in [1.82, 2.24) is 5.32 Å². The van der Waals surface area contributed by atoms with Gasteiger partial charge in [-0.2, -0.15) is 0 Å². The van der Waals surface area contributed by atoms with Gasteiger partial charge in [-0.1, -0.05) is 67.6 Å². The maximum atomic E-state index is 5.97. The maximum Gasteiger partial charge on any atom is 0.124 e. The standard InChI is InChI=1S/C22H25NO/c1-2-16-24-22-13-12-19-10-6-7-11-20(19)21(22)17-23-15-14-18-8-4-3-5-9-18/h3-13,23H,2,14-17H2,1H3. The second-order valence-corrected chi connectivity index (χ2v) is 6.02. The molecule has 124 valence electrons. The molecule has 0 amide bonds. The van der Waals surface area contributed by atoms with Gasteiger partial charge in [0.25, 0.3) is 0 Å². The number of fused-ring (bicyclic) bond motifs is 1. The first-order valence-corrected chi connectivity index (χ1v) is 8.76. The molecule has 3 aromatic rings. The summed E-state index contributed by atoms with van der Waals surface area (Å²) < 4.78 is 5.97. The normalized spacial score (nSPS) is 10.9. The second-order valence-electron chi connectivity index (χ2n) is 6.02. The summed E-state index contributed by atoms with van der Waals surface area (Å²) in [6.45, 7) is 4.68. The molecule has 3 aromatic carbocycles. The van der Waals surface area contributed by atoms with Gasteiger partial charge in [0, 0.05) is 12.1 Å². The Bertz CT molecular complexity index is 767. The SMILES string of the molecule is CCCOc1ccc2ccccc2c1CNCCc1ccccc1. The van der Waals surface area contributed by atoms with Crippen molar-refractivity contribution in [3.8, 4) is 5.75 Å². The minimum Gasteiger partial charge on any atom is -0.493 e. The molecule has 0 saturated carbocycles. The van der Waals surface area contributed by atoms with E-state index < -0.39 is 0 Å². The van der Waals surface area contributed by atoms with Crippen LogP contribution in [0.25, 0.3) is 10.8 Å². The van der Waals surface area contributed by atoms with Gasteiger partial charge < -0.3 is 10.1 Å². The summed E-state index contributed by atoms with van der Waals surface area (Å²) in [5.74, 6) is 1.00. The average molecular weight is 319 g/mol. The molecular formula is C22H25NO. The van der Waals surface area contributed by atoms with Gasteiger partial charge in [-0.25, -0.2) is 0 Å². The molecule has 0 aliphatic carbocycles. The zero-order valence-electron chi connectivity index (χ0n) is 14.3. The van der Waals surface area contributed by atoms with Crippen LogP contribution in [0.4, 0.5) is 0 Å². The minimum atomic E-state index is 0.759. The van der Waals surface area contributed by atoms with E-state index >= 15 is 0 Å². The minimum absolute atomic E-state index is 0.759. The third-order valence-electron chi connectivity index (χ3n) is 4.19. The van der Waals surface area contributed by atoms with Crippen LogP contribution in [-0.2, 0) is 13.0 Å². The fraction of sp³-hybridized carbons (Fsp3) is 0.273. The molecule has 0 unspecified atom stereocenters. The zero-order chi connectivity index (χ0) is 16.6. The molecule has 0 bridgehead atoms. The fourth-order valence-corrected chi connectivity index (χ4v) is 2.94. The van der Waals surface area contributed by atoms with Crippen LogP contribution >= 0.6 is 0 Å². The van der Waals surface area contributed by atoms with E-state index in [1.54, 1.807) is 0 Å². The Morgan fingerprint density at radius 3 is 2.50 bits per heavy atom. The van der Waals surface area contributed by atoms with Crippen LogP contribution in [0.1, 0.15) is 24.5 Å². The Labute approximate surface area is 144 Å². The van der Waals surface area contributed by atoms with E-state index in [9.17, 15) is 0 Å². The maximum absolute atomic E-state index is 5.97. The lowest BCUT2D eigenvalue weighted by atomic mass is 10.0. The molecule has 0 heterocycles. The molecular weight excluding hydrogens is 294 g/mol. The monoisotopic (exact) mass is 319 g/mol. The number of ether oxygens (including phenoxy) is 1. The van der Waals surface area contributed by atoms with Gasteiger partial charge >= 0.3 is 0 Å². The van der Waals surface area contributed by atoms with E-state index in [0.29, 0.717) is 0 Å². The Morgan fingerprint density at radius 2 is 1.67 bits per heavy atom. The lowest BCUT2D eigenvalue weighted by Gasteiger charge is -2.15. The van der Waals surface area contributed by atoms with Crippen molar-refractivity contribution in [2.45, 2.75) is 26.3 Å². The Balaban J connectivity index is 1.71. The van der Waals surface area contributed by atoms with Crippen LogP contribution in [0.2, 0.25) is 0 Å². The highest BCUT2D eigenvalue weighted by Crippen LogP contribution is 2.28. The molecule has 2 heteroatoms. The van der Waals surface area contributed by atoms with Gasteiger partial charge in [0.2, 0.25) is 0 Å². The summed E-state index contributed by atoms with van der Waals surface area (Å²) in [5.41, 5.74) is 2.62. The molecule has 2 nitrogen and oxygen atoms in total. The molecule has 0 aliphatic heterocycles. The highest BCUT2D eigenvalue weighted by Gasteiger charge is 2.08. The highest BCUT2D eigenvalue weighted by molar-refractivity contribution is 5.87. The van der Waals surface area contributed by atoms with Gasteiger partial charge in [-0.05, 0) is 41.8 Å². The van der Waals surface area contributed by atoms with E-state index in [0.717, 1.165) is 38.3 Å². The van der Waals surface area contributed by atoms with Crippen LogP contribution in [-0.4, -0.2) is 13.2 Å². The Morgan fingerprint density at radius 1 is 0.875 bits per heavy atom. The first-order chi connectivity index (χ1) is 11.9. The van der Waals surface area contributed by atoms with Gasteiger partial charge in [0.05, 0.1) is 6.61 Å². The third kappa shape index (κ3) is 4.15. The van der Waals surface area contributed by atoms with Gasteiger partial charge in [-0.3, -0.25) is 0 Å². The lowest BCUT2D eigenvalue weighted by molar-refractivity contribution is 0.314. The van der Waals surface area contributed by atoms with Crippen LogP contribution in [0, 0.1) is 0 Å². The predicted molar refractivity (Wildman–Crippen MR) is 102 cm³/mol. The van der Waals surface area contributed by atoms with E-state index in [-0.39, 0.29) is 0 Å². The topological polar surface area (TPSA) is 21.3 Å². The quantitative estimate of drug-likeness (QED) is 0.592. The fourth-order valence-electron chi connectivity index (χ4n) is 2.94. The second kappa shape index (κ2) is 8.51. The first-order valence-electron chi connectivity index (χ1n) is 8.76. The summed E-state index contributed by atoms with van der Waals surface area (Å²) in [6, 6.07) is 23.4. The number of hydrogen-bond acceptors (Lipinski definition) is 2. The number of benzene rings is 3. The van der Waals surface area contributed by atoms with Crippen LogP contribution < -0.4 is 10.1 Å². The summed E-state index contributed by atoms with van der Waals surface area (Å²) >= 11 is 0. The molecule has 0 fully saturated rings. The largest absolute Gasteiger partial charge is 0.493 e. The molecule has 0 aromatic heterocycles. The van der Waals surface area contributed by atoms with E-state index in [4.69, 9.17) is 4.74 Å². The lowest BCUT2D eigenvalue weighted by Crippen LogP contribution is -2.17. The van der Waals surface area contributed by atoms with Crippen molar-refractivity contribution in [3.63, 3.8) is 0 Å². The van der Waals surface area contributed by atoms with Crippen LogP contribution in [0.15, 0.2) is 66.7 Å². The van der Waals surface area contributed by atoms with Crippen molar-refractivity contribution < 1.29 is 4.74 Å². The molecule has 0 aliphatic rings. The van der Waals surface area contributed by atoms with Crippen LogP contribution in [0.3, 0.4) is 0 Å². The van der Waals surface area contributed by atoms with Crippen molar-refractivity contribution in [2.75, 3.05) is 13.2 Å². The number of nitrogens with one attached hydrogen (secondary N) is 1. The van der Waals surface area contributed by atoms with E-state index in [1.807, 2.05) is 0 Å².